The highest BCUT2D eigenvalue weighted by Crippen LogP contribution is 2.17. The molecule has 0 N–H and O–H groups in total. The second-order valence-corrected chi connectivity index (χ2v) is 3.89. The van der Waals surface area contributed by atoms with Crippen LogP contribution in [0.1, 0.15) is 5.56 Å². The summed E-state index contributed by atoms with van der Waals surface area (Å²) in [5.74, 6) is 0.445. The van der Waals surface area contributed by atoms with Gasteiger partial charge >= 0.3 is 0 Å². The molecule has 0 bridgehead atoms. The van der Waals surface area contributed by atoms with Crippen molar-refractivity contribution in [3.63, 3.8) is 0 Å². The predicted molar refractivity (Wildman–Crippen MR) is 64.4 cm³/mol. The molecular formula is C13H11FOS. The number of halogens is 1. The van der Waals surface area contributed by atoms with Gasteiger partial charge in [0.15, 0.2) is 0 Å². The molecule has 0 heterocycles. The summed E-state index contributed by atoms with van der Waals surface area (Å²) >= 11 is 4.20. The van der Waals surface area contributed by atoms with Crippen LogP contribution in [0.2, 0.25) is 0 Å². The number of hydrogen-bond acceptors (Lipinski definition) is 2. The Hall–Kier alpha value is -1.48. The molecule has 3 heteroatoms. The van der Waals surface area contributed by atoms with Crippen molar-refractivity contribution in [1.82, 2.24) is 0 Å². The van der Waals surface area contributed by atoms with Crippen molar-refractivity contribution < 1.29 is 9.13 Å². The van der Waals surface area contributed by atoms with Crippen molar-refractivity contribution in [1.29, 1.82) is 0 Å². The molecule has 0 aliphatic rings. The maximum absolute atomic E-state index is 13.3. The fraction of sp³-hybridized carbons (Fsp3) is 0.0769. The molecule has 1 nitrogen and oxygen atoms in total. The lowest BCUT2D eigenvalue weighted by atomic mass is 10.2. The van der Waals surface area contributed by atoms with Crippen LogP contribution in [-0.2, 0) is 6.61 Å². The third-order valence-corrected chi connectivity index (χ3v) is 2.45. The van der Waals surface area contributed by atoms with E-state index in [0.717, 1.165) is 4.90 Å². The fourth-order valence-electron chi connectivity index (χ4n) is 1.35. The van der Waals surface area contributed by atoms with Crippen molar-refractivity contribution in [2.24, 2.45) is 0 Å². The summed E-state index contributed by atoms with van der Waals surface area (Å²) in [6, 6.07) is 13.9. The highest BCUT2D eigenvalue weighted by Gasteiger charge is 2.01. The largest absolute Gasteiger partial charge is 0.489 e. The van der Waals surface area contributed by atoms with Crippen LogP contribution >= 0.6 is 12.6 Å². The van der Waals surface area contributed by atoms with Gasteiger partial charge in [0.2, 0.25) is 0 Å². The molecule has 0 spiro atoms. The van der Waals surface area contributed by atoms with E-state index in [1.165, 1.54) is 6.07 Å². The maximum atomic E-state index is 13.3. The van der Waals surface area contributed by atoms with Crippen molar-refractivity contribution in [3.05, 3.63) is 59.9 Å². The minimum absolute atomic E-state index is 0.226. The van der Waals surface area contributed by atoms with Gasteiger partial charge in [0.25, 0.3) is 0 Å². The standard InChI is InChI=1S/C13H11FOS/c14-13-7-2-1-4-10(13)9-15-11-5-3-6-12(16)8-11/h1-8,16H,9H2. The quantitative estimate of drug-likeness (QED) is 0.797. The van der Waals surface area contributed by atoms with Gasteiger partial charge in [-0.3, -0.25) is 0 Å². The number of rotatable bonds is 3. The minimum Gasteiger partial charge on any atom is -0.489 e. The molecule has 2 aromatic rings. The van der Waals surface area contributed by atoms with Crippen molar-refractivity contribution in [2.75, 3.05) is 0 Å². The first-order valence-corrected chi connectivity index (χ1v) is 5.35. The maximum Gasteiger partial charge on any atom is 0.129 e. The van der Waals surface area contributed by atoms with Gasteiger partial charge in [-0.05, 0) is 24.3 Å². The Bertz CT molecular complexity index is 485. The number of thiol groups is 1. The summed E-state index contributed by atoms with van der Waals surface area (Å²) in [4.78, 5) is 0.825. The molecule has 0 atom stereocenters. The first-order valence-electron chi connectivity index (χ1n) is 4.91. The van der Waals surface area contributed by atoms with Crippen LogP contribution in [0.15, 0.2) is 53.4 Å². The summed E-state index contributed by atoms with van der Waals surface area (Å²) in [5.41, 5.74) is 0.548. The zero-order valence-electron chi connectivity index (χ0n) is 8.56. The van der Waals surface area contributed by atoms with E-state index < -0.39 is 0 Å². The molecule has 16 heavy (non-hydrogen) atoms. The van der Waals surface area contributed by atoms with Crippen LogP contribution in [0, 0.1) is 5.82 Å². The van der Waals surface area contributed by atoms with E-state index in [9.17, 15) is 4.39 Å². The molecule has 0 amide bonds. The van der Waals surface area contributed by atoms with Crippen molar-refractivity contribution in [3.8, 4) is 5.75 Å². The second-order valence-electron chi connectivity index (χ2n) is 3.38. The molecule has 0 saturated heterocycles. The lowest BCUT2D eigenvalue weighted by Crippen LogP contribution is -1.97. The van der Waals surface area contributed by atoms with Crippen LogP contribution in [0.5, 0.6) is 5.75 Å². The van der Waals surface area contributed by atoms with E-state index in [1.54, 1.807) is 24.3 Å². The molecule has 0 aliphatic heterocycles. The van der Waals surface area contributed by atoms with Gasteiger partial charge in [-0.15, -0.1) is 12.6 Å². The van der Waals surface area contributed by atoms with Gasteiger partial charge in [0.1, 0.15) is 18.2 Å². The van der Waals surface area contributed by atoms with Gasteiger partial charge in [0.05, 0.1) is 0 Å². The SMILES string of the molecule is Fc1ccccc1COc1cccc(S)c1. The number of hydrogen-bond donors (Lipinski definition) is 1. The predicted octanol–water partition coefficient (Wildman–Crippen LogP) is 3.69. The molecule has 0 unspecified atom stereocenters. The Balaban J connectivity index is 2.05. The van der Waals surface area contributed by atoms with Crippen LogP contribution in [-0.4, -0.2) is 0 Å². The van der Waals surface area contributed by atoms with Crippen LogP contribution < -0.4 is 4.74 Å². The molecule has 0 aromatic heterocycles. The van der Waals surface area contributed by atoms with Gasteiger partial charge in [-0.25, -0.2) is 4.39 Å². The zero-order valence-corrected chi connectivity index (χ0v) is 9.45. The molecular weight excluding hydrogens is 223 g/mol. The second kappa shape index (κ2) is 5.03. The molecule has 2 aromatic carbocycles. The first kappa shape index (κ1) is 11.0. The highest BCUT2D eigenvalue weighted by molar-refractivity contribution is 7.80. The fourth-order valence-corrected chi connectivity index (χ4v) is 1.56. The van der Waals surface area contributed by atoms with Gasteiger partial charge in [0, 0.05) is 10.5 Å². The average Bonchev–Trinajstić information content (AvgIpc) is 2.28. The van der Waals surface area contributed by atoms with Crippen LogP contribution in [0.4, 0.5) is 4.39 Å². The molecule has 0 aliphatic carbocycles. The molecule has 2 rings (SSSR count). The molecule has 82 valence electrons. The van der Waals surface area contributed by atoms with E-state index in [1.807, 2.05) is 18.2 Å². The van der Waals surface area contributed by atoms with Crippen LogP contribution in [0.25, 0.3) is 0 Å². The third kappa shape index (κ3) is 2.76. The van der Waals surface area contributed by atoms with Crippen LogP contribution in [0.3, 0.4) is 0 Å². The topological polar surface area (TPSA) is 9.23 Å². The van der Waals surface area contributed by atoms with Crippen molar-refractivity contribution in [2.45, 2.75) is 11.5 Å². The van der Waals surface area contributed by atoms with E-state index in [4.69, 9.17) is 4.74 Å². The Morgan fingerprint density at radius 3 is 2.62 bits per heavy atom. The number of benzene rings is 2. The summed E-state index contributed by atoms with van der Waals surface area (Å²) in [7, 11) is 0. The summed E-state index contributed by atoms with van der Waals surface area (Å²) < 4.78 is 18.7. The zero-order chi connectivity index (χ0) is 11.4. The van der Waals surface area contributed by atoms with Gasteiger partial charge < -0.3 is 4.74 Å². The first-order chi connectivity index (χ1) is 7.75. The van der Waals surface area contributed by atoms with E-state index >= 15 is 0 Å². The lowest BCUT2D eigenvalue weighted by Gasteiger charge is -2.07. The van der Waals surface area contributed by atoms with Gasteiger partial charge in [-0.1, -0.05) is 24.3 Å². The lowest BCUT2D eigenvalue weighted by molar-refractivity contribution is 0.299. The monoisotopic (exact) mass is 234 g/mol. The number of ether oxygens (including phenoxy) is 1. The normalized spacial score (nSPS) is 10.1. The Morgan fingerprint density at radius 1 is 1.06 bits per heavy atom. The summed E-state index contributed by atoms with van der Waals surface area (Å²) in [6.45, 7) is 0.226. The van der Waals surface area contributed by atoms with E-state index in [0.29, 0.717) is 11.3 Å². The highest BCUT2D eigenvalue weighted by atomic mass is 32.1. The molecule has 0 fully saturated rings. The van der Waals surface area contributed by atoms with Crippen molar-refractivity contribution >= 4 is 12.6 Å². The smallest absolute Gasteiger partial charge is 0.129 e. The molecule has 0 radical (unpaired) electrons. The Morgan fingerprint density at radius 2 is 1.88 bits per heavy atom. The summed E-state index contributed by atoms with van der Waals surface area (Å²) in [5, 5.41) is 0. The average molecular weight is 234 g/mol. The molecule has 0 saturated carbocycles. The van der Waals surface area contributed by atoms with E-state index in [-0.39, 0.29) is 12.4 Å². The van der Waals surface area contributed by atoms with Gasteiger partial charge in [-0.2, -0.15) is 0 Å². The minimum atomic E-state index is -0.246. The Labute approximate surface area is 99.3 Å². The third-order valence-electron chi connectivity index (χ3n) is 2.17. The summed E-state index contributed by atoms with van der Waals surface area (Å²) in [6.07, 6.45) is 0. The van der Waals surface area contributed by atoms with E-state index in [2.05, 4.69) is 12.6 Å². The Kier molecular flexibility index (Phi) is 3.47.